The van der Waals surface area contributed by atoms with Crippen molar-refractivity contribution in [2.45, 2.75) is 31.7 Å². The van der Waals surface area contributed by atoms with Crippen LogP contribution in [0.25, 0.3) is 10.8 Å². The van der Waals surface area contributed by atoms with Crippen LogP contribution in [0.3, 0.4) is 0 Å². The highest BCUT2D eigenvalue weighted by atomic mass is 31.1. The van der Waals surface area contributed by atoms with E-state index in [2.05, 4.69) is 5.32 Å². The molecule has 1 unspecified atom stereocenters. The Balaban J connectivity index is 1.26. The van der Waals surface area contributed by atoms with Crippen molar-refractivity contribution in [2.75, 3.05) is 27.2 Å². The van der Waals surface area contributed by atoms with E-state index in [1.54, 1.807) is 41.1 Å². The fourth-order valence-corrected chi connectivity index (χ4v) is 6.45. The Labute approximate surface area is 269 Å². The quantitative estimate of drug-likeness (QED) is 0.253. The highest BCUT2D eigenvalue weighted by Crippen LogP contribution is 2.31. The van der Waals surface area contributed by atoms with Gasteiger partial charge in [-0.25, -0.2) is 4.79 Å². The van der Waals surface area contributed by atoms with Gasteiger partial charge < -0.3 is 29.3 Å². The van der Waals surface area contributed by atoms with Crippen LogP contribution < -0.4 is 14.6 Å². The van der Waals surface area contributed by atoms with E-state index in [1.807, 2.05) is 78.9 Å². The molecule has 2 fully saturated rings. The third-order valence-electron chi connectivity index (χ3n) is 8.61. The molecule has 2 heterocycles. The van der Waals surface area contributed by atoms with Gasteiger partial charge in [-0.15, -0.1) is 0 Å². The SMILES string of the molecule is COc1ccc(CNC(=O)N(C)N2CC(=O)N3[C@@H](Cc4ccc(OPO)cc4)C(=O)N(Cc4cccc5ccccc45)C[C@@H]32)cc1. The first-order valence-electron chi connectivity index (χ1n) is 15.0. The number of hydrazine groups is 1. The summed E-state index contributed by atoms with van der Waals surface area (Å²) in [6.45, 7) is 0.868. The minimum atomic E-state index is -0.770. The van der Waals surface area contributed by atoms with Crippen LogP contribution in [-0.4, -0.2) is 82.0 Å². The lowest BCUT2D eigenvalue weighted by molar-refractivity contribution is -0.157. The third kappa shape index (κ3) is 6.48. The summed E-state index contributed by atoms with van der Waals surface area (Å²) < 4.78 is 10.4. The Kier molecular flexibility index (Phi) is 9.35. The van der Waals surface area contributed by atoms with Crippen molar-refractivity contribution in [1.82, 2.24) is 25.1 Å². The predicted molar refractivity (Wildman–Crippen MR) is 175 cm³/mol. The lowest BCUT2D eigenvalue weighted by Crippen LogP contribution is -2.65. The number of ether oxygens (including phenoxy) is 1. The Bertz CT molecular complexity index is 1710. The fraction of sp³-hybridized carbons (Fsp3) is 0.265. The summed E-state index contributed by atoms with van der Waals surface area (Å²) in [4.78, 5) is 53.7. The summed E-state index contributed by atoms with van der Waals surface area (Å²) in [6.07, 6.45) is -0.254. The number of carbonyl (C=O) groups is 3. The maximum Gasteiger partial charge on any atom is 0.332 e. The molecule has 4 aromatic carbocycles. The van der Waals surface area contributed by atoms with Crippen LogP contribution in [0, 0.1) is 0 Å². The van der Waals surface area contributed by atoms with Crippen LogP contribution >= 0.6 is 9.03 Å². The number of benzene rings is 4. The van der Waals surface area contributed by atoms with E-state index >= 15 is 0 Å². The summed E-state index contributed by atoms with van der Waals surface area (Å²) in [5.74, 6) is 0.875. The second-order valence-electron chi connectivity index (χ2n) is 11.3. The topological polar surface area (TPSA) is 115 Å². The second kappa shape index (κ2) is 13.7. The van der Waals surface area contributed by atoms with Gasteiger partial charge in [0.25, 0.3) is 0 Å². The molecule has 238 valence electrons. The van der Waals surface area contributed by atoms with Gasteiger partial charge in [0.1, 0.15) is 23.7 Å². The minimum absolute atomic E-state index is 0.0345. The van der Waals surface area contributed by atoms with Crippen LogP contribution in [0.2, 0.25) is 0 Å². The number of hydrogen-bond donors (Lipinski definition) is 2. The van der Waals surface area contributed by atoms with Crippen LogP contribution in [0.4, 0.5) is 4.79 Å². The lowest BCUT2D eigenvalue weighted by Gasteiger charge is -2.46. The Morgan fingerprint density at radius 3 is 2.39 bits per heavy atom. The van der Waals surface area contributed by atoms with Crippen LogP contribution in [-0.2, 0) is 29.1 Å². The molecule has 46 heavy (non-hydrogen) atoms. The number of piperazine rings is 1. The molecule has 11 nitrogen and oxygen atoms in total. The van der Waals surface area contributed by atoms with Crippen molar-refractivity contribution in [3.05, 3.63) is 108 Å². The van der Waals surface area contributed by atoms with Crippen LogP contribution in [0.15, 0.2) is 91.0 Å². The number of carbonyl (C=O) groups excluding carboxylic acids is 3. The summed E-state index contributed by atoms with van der Waals surface area (Å²) in [7, 11) is 2.57. The van der Waals surface area contributed by atoms with Gasteiger partial charge in [-0.1, -0.05) is 66.7 Å². The maximum absolute atomic E-state index is 14.2. The molecule has 0 saturated carbocycles. The van der Waals surface area contributed by atoms with E-state index in [1.165, 1.54) is 5.01 Å². The molecule has 4 amide bonds. The largest absolute Gasteiger partial charge is 0.497 e. The van der Waals surface area contributed by atoms with Gasteiger partial charge in [-0.05, 0) is 51.7 Å². The standard InChI is InChI=1S/C34H36N5O6P/c1-36(34(42)35-19-24-12-14-27(44-2)15-13-24)38-22-32(40)39-30(18-23-10-16-28(17-11-23)45-46-43)33(41)37(21-31(38)39)20-26-8-5-7-25-6-3-4-9-29(25)26/h3-17,30-31,43,46H,18-22H2,1-2H3,(H,35,42)/t30-,31+/m0/s1. The average molecular weight is 642 g/mol. The number of urea groups is 1. The van der Waals surface area contributed by atoms with Crippen molar-refractivity contribution in [1.29, 1.82) is 0 Å². The van der Waals surface area contributed by atoms with E-state index in [0.29, 0.717) is 18.8 Å². The molecule has 0 radical (unpaired) electrons. The zero-order valence-corrected chi connectivity index (χ0v) is 26.6. The molecule has 2 aliphatic heterocycles. The molecule has 0 aliphatic carbocycles. The van der Waals surface area contributed by atoms with E-state index in [4.69, 9.17) is 14.2 Å². The smallest absolute Gasteiger partial charge is 0.332 e. The maximum atomic E-state index is 14.2. The zero-order valence-electron chi connectivity index (χ0n) is 25.6. The van der Waals surface area contributed by atoms with Gasteiger partial charge in [-0.3, -0.25) is 14.6 Å². The normalized spacial score (nSPS) is 18.3. The van der Waals surface area contributed by atoms with E-state index in [9.17, 15) is 14.4 Å². The first-order valence-corrected chi connectivity index (χ1v) is 15.8. The van der Waals surface area contributed by atoms with Crippen LogP contribution in [0.5, 0.6) is 11.5 Å². The van der Waals surface area contributed by atoms with Gasteiger partial charge in [0.2, 0.25) is 20.8 Å². The predicted octanol–water partition coefficient (Wildman–Crippen LogP) is 3.91. The fourth-order valence-electron chi connectivity index (χ4n) is 6.21. The molecule has 0 aromatic heterocycles. The number of nitrogens with zero attached hydrogens (tertiary/aromatic N) is 4. The van der Waals surface area contributed by atoms with E-state index < -0.39 is 21.2 Å². The monoisotopic (exact) mass is 641 g/mol. The summed E-state index contributed by atoms with van der Waals surface area (Å²) in [5, 5.41) is 8.26. The van der Waals surface area contributed by atoms with E-state index in [-0.39, 0.29) is 37.4 Å². The van der Waals surface area contributed by atoms with Gasteiger partial charge in [0.05, 0.1) is 20.2 Å². The number of hydrogen-bond acceptors (Lipinski definition) is 7. The van der Waals surface area contributed by atoms with Crippen molar-refractivity contribution < 1.29 is 28.5 Å². The molecule has 12 heteroatoms. The third-order valence-corrected chi connectivity index (χ3v) is 8.93. The molecular formula is C34H36N5O6P. The molecule has 2 aliphatic rings. The second-order valence-corrected chi connectivity index (χ2v) is 11.7. The molecule has 0 spiro atoms. The number of rotatable bonds is 10. The minimum Gasteiger partial charge on any atom is -0.497 e. The first kappa shape index (κ1) is 31.3. The lowest BCUT2D eigenvalue weighted by atomic mass is 9.99. The Hall–Kier alpha value is -4.70. The molecular weight excluding hydrogens is 605 g/mol. The van der Waals surface area contributed by atoms with Gasteiger partial charge in [-0.2, -0.15) is 5.01 Å². The number of nitrogens with one attached hydrogen (secondary N) is 1. The molecule has 2 N–H and O–H groups in total. The Morgan fingerprint density at radius 1 is 0.957 bits per heavy atom. The van der Waals surface area contributed by atoms with Crippen molar-refractivity contribution in [3.63, 3.8) is 0 Å². The molecule has 2 saturated heterocycles. The number of fused-ring (bicyclic) bond motifs is 2. The summed E-state index contributed by atoms with van der Waals surface area (Å²) in [6, 6.07) is 27.5. The number of amides is 4. The van der Waals surface area contributed by atoms with Crippen molar-refractivity contribution in [2.24, 2.45) is 0 Å². The first-order chi connectivity index (χ1) is 22.4. The summed E-state index contributed by atoms with van der Waals surface area (Å²) >= 11 is 0. The highest BCUT2D eigenvalue weighted by Gasteiger charge is 2.51. The van der Waals surface area contributed by atoms with Gasteiger partial charge >= 0.3 is 6.03 Å². The molecule has 0 bridgehead atoms. The van der Waals surface area contributed by atoms with E-state index in [0.717, 1.165) is 33.2 Å². The Morgan fingerprint density at radius 2 is 1.65 bits per heavy atom. The van der Waals surface area contributed by atoms with Crippen molar-refractivity contribution >= 4 is 37.7 Å². The zero-order chi connectivity index (χ0) is 32.2. The van der Waals surface area contributed by atoms with Crippen LogP contribution in [0.1, 0.15) is 16.7 Å². The highest BCUT2D eigenvalue weighted by molar-refractivity contribution is 7.25. The molecule has 4 aromatic rings. The summed E-state index contributed by atoms with van der Waals surface area (Å²) in [5.41, 5.74) is 2.75. The number of methoxy groups -OCH3 is 1. The molecule has 3 atom stereocenters. The van der Waals surface area contributed by atoms with Gasteiger partial charge in [0, 0.05) is 26.6 Å². The van der Waals surface area contributed by atoms with Gasteiger partial charge in [0.15, 0.2) is 0 Å². The molecule has 6 rings (SSSR count). The van der Waals surface area contributed by atoms with Crippen molar-refractivity contribution in [3.8, 4) is 11.5 Å². The average Bonchev–Trinajstić information content (AvgIpc) is 3.41.